The number of carbonyl (C=O) groups is 2. The molecule has 3 rings (SSSR count). The lowest BCUT2D eigenvalue weighted by Gasteiger charge is -2.03. The molecule has 0 radical (unpaired) electrons. The van der Waals surface area contributed by atoms with Crippen LogP contribution in [-0.4, -0.2) is 23.3 Å². The average molecular weight is 377 g/mol. The molecule has 0 fully saturated rings. The molecule has 3 aromatic rings. The van der Waals surface area contributed by atoms with Crippen LogP contribution in [0.2, 0.25) is 0 Å². The van der Waals surface area contributed by atoms with Gasteiger partial charge in [-0.3, -0.25) is 9.59 Å². The Morgan fingerprint density at radius 1 is 1.23 bits per heavy atom. The zero-order valence-electron chi connectivity index (χ0n) is 13.3. The number of aromatic nitrogens is 1. The summed E-state index contributed by atoms with van der Waals surface area (Å²) in [5, 5.41) is 6.87. The summed E-state index contributed by atoms with van der Waals surface area (Å²) in [5.41, 5.74) is 0.251. The van der Waals surface area contributed by atoms with Gasteiger partial charge in [0.1, 0.15) is 11.6 Å². The van der Waals surface area contributed by atoms with E-state index in [9.17, 15) is 18.4 Å². The third-order valence-electron chi connectivity index (χ3n) is 3.34. The van der Waals surface area contributed by atoms with E-state index < -0.39 is 17.5 Å². The van der Waals surface area contributed by atoms with Gasteiger partial charge in [-0.2, -0.15) is 0 Å². The van der Waals surface area contributed by atoms with Crippen molar-refractivity contribution in [1.29, 1.82) is 0 Å². The monoisotopic (exact) mass is 377 g/mol. The molecule has 2 aromatic heterocycles. The number of thiazole rings is 1. The van der Waals surface area contributed by atoms with E-state index >= 15 is 0 Å². The molecule has 0 spiro atoms. The Morgan fingerprint density at radius 2 is 2.08 bits per heavy atom. The molecule has 0 saturated carbocycles. The Labute approximate surface area is 150 Å². The Balaban J connectivity index is 1.53. The summed E-state index contributed by atoms with van der Waals surface area (Å²) < 4.78 is 31.9. The van der Waals surface area contributed by atoms with Crippen molar-refractivity contribution in [3.8, 4) is 11.3 Å². The molecule has 0 aliphatic heterocycles. The van der Waals surface area contributed by atoms with Crippen molar-refractivity contribution in [3.63, 3.8) is 0 Å². The molecule has 2 heterocycles. The minimum Gasteiger partial charge on any atom is -0.459 e. The summed E-state index contributed by atoms with van der Waals surface area (Å²) in [5.74, 6) is -1.80. The van der Waals surface area contributed by atoms with Crippen LogP contribution in [0.15, 0.2) is 46.4 Å². The van der Waals surface area contributed by atoms with Crippen LogP contribution in [0.25, 0.3) is 11.3 Å². The number of nitrogens with one attached hydrogen (secondary N) is 2. The first-order chi connectivity index (χ1) is 12.5. The van der Waals surface area contributed by atoms with Crippen LogP contribution in [0, 0.1) is 11.6 Å². The van der Waals surface area contributed by atoms with Crippen molar-refractivity contribution in [1.82, 2.24) is 10.3 Å². The summed E-state index contributed by atoms with van der Waals surface area (Å²) in [6, 6.07) is 6.18. The van der Waals surface area contributed by atoms with E-state index in [-0.39, 0.29) is 41.0 Å². The maximum atomic E-state index is 13.7. The van der Waals surface area contributed by atoms with E-state index in [1.165, 1.54) is 17.7 Å². The van der Waals surface area contributed by atoms with E-state index in [1.54, 1.807) is 6.07 Å². The van der Waals surface area contributed by atoms with Gasteiger partial charge >= 0.3 is 0 Å². The number of benzene rings is 1. The van der Waals surface area contributed by atoms with Gasteiger partial charge in [-0.15, -0.1) is 11.3 Å². The van der Waals surface area contributed by atoms with Gasteiger partial charge < -0.3 is 15.1 Å². The largest absolute Gasteiger partial charge is 0.459 e. The van der Waals surface area contributed by atoms with E-state index in [0.29, 0.717) is 0 Å². The van der Waals surface area contributed by atoms with Crippen molar-refractivity contribution in [2.24, 2.45) is 0 Å². The first-order valence-corrected chi connectivity index (χ1v) is 8.43. The maximum absolute atomic E-state index is 13.7. The Bertz CT molecular complexity index is 925. The molecule has 1 aromatic carbocycles. The van der Waals surface area contributed by atoms with Gasteiger partial charge in [0.05, 0.1) is 12.0 Å². The van der Waals surface area contributed by atoms with Gasteiger partial charge in [0.25, 0.3) is 5.91 Å². The molecule has 9 heteroatoms. The molecule has 134 valence electrons. The number of amides is 2. The fourth-order valence-electron chi connectivity index (χ4n) is 2.11. The normalized spacial score (nSPS) is 10.5. The van der Waals surface area contributed by atoms with E-state index in [1.807, 2.05) is 0 Å². The van der Waals surface area contributed by atoms with Gasteiger partial charge in [-0.25, -0.2) is 13.8 Å². The number of hydrogen-bond acceptors (Lipinski definition) is 5. The zero-order chi connectivity index (χ0) is 18.5. The van der Waals surface area contributed by atoms with Crippen LogP contribution < -0.4 is 10.6 Å². The van der Waals surface area contributed by atoms with Gasteiger partial charge in [0.15, 0.2) is 10.9 Å². The Hall–Kier alpha value is -3.07. The minimum atomic E-state index is -0.602. The molecule has 0 unspecified atom stereocenters. The standard InChI is InChI=1S/C17H13F2N3O3S/c18-10-3-4-12(19)11(8-10)13-9-26-17(21-13)22-15(23)5-6-20-16(24)14-2-1-7-25-14/h1-4,7-9H,5-6H2,(H,20,24)(H,21,22,23). The topological polar surface area (TPSA) is 84.2 Å². The molecule has 26 heavy (non-hydrogen) atoms. The Morgan fingerprint density at radius 3 is 2.85 bits per heavy atom. The second-order valence-electron chi connectivity index (χ2n) is 5.19. The highest BCUT2D eigenvalue weighted by Crippen LogP contribution is 2.27. The molecular weight excluding hydrogens is 364 g/mol. The van der Waals surface area contributed by atoms with Crippen molar-refractivity contribution < 1.29 is 22.8 Å². The summed E-state index contributed by atoms with van der Waals surface area (Å²) in [6.07, 6.45) is 1.40. The first-order valence-electron chi connectivity index (χ1n) is 7.55. The maximum Gasteiger partial charge on any atom is 0.286 e. The molecule has 2 N–H and O–H groups in total. The molecule has 0 aliphatic carbocycles. The molecule has 0 saturated heterocycles. The number of halogens is 2. The second kappa shape index (κ2) is 7.87. The molecule has 0 bridgehead atoms. The number of anilines is 1. The van der Waals surface area contributed by atoms with E-state index in [2.05, 4.69) is 15.6 Å². The number of carbonyl (C=O) groups excluding carboxylic acids is 2. The molecular formula is C17H13F2N3O3S. The summed E-state index contributed by atoms with van der Waals surface area (Å²) in [4.78, 5) is 27.6. The summed E-state index contributed by atoms with van der Waals surface area (Å²) in [7, 11) is 0. The zero-order valence-corrected chi connectivity index (χ0v) is 14.1. The molecule has 0 atom stereocenters. The highest BCUT2D eigenvalue weighted by Gasteiger charge is 2.13. The van der Waals surface area contributed by atoms with Crippen LogP contribution in [-0.2, 0) is 4.79 Å². The lowest BCUT2D eigenvalue weighted by molar-refractivity contribution is -0.116. The highest BCUT2D eigenvalue weighted by molar-refractivity contribution is 7.14. The van der Waals surface area contributed by atoms with E-state index in [4.69, 9.17) is 4.42 Å². The van der Waals surface area contributed by atoms with Crippen molar-refractivity contribution in [2.45, 2.75) is 6.42 Å². The molecule has 2 amide bonds. The molecule has 6 nitrogen and oxygen atoms in total. The number of hydrogen-bond donors (Lipinski definition) is 2. The van der Waals surface area contributed by atoms with Crippen molar-refractivity contribution in [2.75, 3.05) is 11.9 Å². The number of furan rings is 1. The average Bonchev–Trinajstić information content (AvgIpc) is 3.29. The predicted octanol–water partition coefficient (Wildman–Crippen LogP) is 3.44. The highest BCUT2D eigenvalue weighted by atomic mass is 32.1. The SMILES string of the molecule is O=C(CCNC(=O)c1ccco1)Nc1nc(-c2cc(F)ccc2F)cs1. The third-order valence-corrected chi connectivity index (χ3v) is 4.10. The fraction of sp³-hybridized carbons (Fsp3) is 0.118. The quantitative estimate of drug-likeness (QED) is 0.689. The molecule has 0 aliphatic rings. The van der Waals surface area contributed by atoms with Crippen LogP contribution in [0.5, 0.6) is 0 Å². The first kappa shape index (κ1) is 17.7. The fourth-order valence-corrected chi connectivity index (χ4v) is 2.84. The number of rotatable bonds is 6. The lowest BCUT2D eigenvalue weighted by Crippen LogP contribution is -2.27. The second-order valence-corrected chi connectivity index (χ2v) is 6.05. The van der Waals surface area contributed by atoms with Gasteiger partial charge in [0, 0.05) is 23.9 Å². The van der Waals surface area contributed by atoms with Crippen molar-refractivity contribution in [3.05, 3.63) is 59.4 Å². The van der Waals surface area contributed by atoms with Gasteiger partial charge in [-0.05, 0) is 30.3 Å². The van der Waals surface area contributed by atoms with Crippen LogP contribution in [0.3, 0.4) is 0 Å². The predicted molar refractivity (Wildman–Crippen MR) is 91.8 cm³/mol. The van der Waals surface area contributed by atoms with Gasteiger partial charge in [-0.1, -0.05) is 0 Å². The van der Waals surface area contributed by atoms with Crippen molar-refractivity contribution >= 4 is 28.3 Å². The minimum absolute atomic E-state index is 0.0208. The van der Waals surface area contributed by atoms with Crippen LogP contribution in [0.1, 0.15) is 17.0 Å². The van der Waals surface area contributed by atoms with Gasteiger partial charge in [0.2, 0.25) is 5.91 Å². The third kappa shape index (κ3) is 4.31. The van der Waals surface area contributed by atoms with E-state index in [0.717, 1.165) is 29.5 Å². The lowest BCUT2D eigenvalue weighted by atomic mass is 10.1. The summed E-state index contributed by atoms with van der Waals surface area (Å²) >= 11 is 1.09. The Kier molecular flexibility index (Phi) is 5.37. The smallest absolute Gasteiger partial charge is 0.286 e. The van der Waals surface area contributed by atoms with Crippen LogP contribution in [0.4, 0.5) is 13.9 Å². The summed E-state index contributed by atoms with van der Waals surface area (Å²) in [6.45, 7) is 0.113. The van der Waals surface area contributed by atoms with Crippen LogP contribution >= 0.6 is 11.3 Å². The number of nitrogens with zero attached hydrogens (tertiary/aromatic N) is 1.